The third kappa shape index (κ3) is 15.2. The number of alkyl halides is 2. The minimum atomic E-state index is -3.29. The summed E-state index contributed by atoms with van der Waals surface area (Å²) >= 11 is 0.639. The standard InChI is InChI=1S/C62H59F2N11O20S/c63-61(64)24-30(25-66)74(28-61)50(81)26-68-54(86)34-15-17-67-53-33(34)4-3-6-39(53)69-47(78)13-14-48(79)70-41(21-51(82)83)56(88)71-40(5-1-2-16-65)55(87)72-42(22-52(84)85)57(89)73-43(59(91)92)27-96-46-23-49(80)75(58(46)90)29-7-10-36-35(18-29)60(93)95-62(36)37-11-8-31(76)19-44(37)94-45-20-32(77)9-12-38(45)62/h3-4,6-12,15,17-20,30,40-43,46,76-77H,1-2,5,13-14,16,21-24,26-28,65H2,(H,68,86)(H,69,78)(H,70,79)(H,71,88)(H,72,87)(H,73,89)(H,82,83)(H,84,85)(H,91,92)/t30?,40-,41-,42-,43-,46?/m0/s1. The fourth-order valence-corrected chi connectivity index (χ4v) is 12.5. The van der Waals surface area contributed by atoms with Crippen LogP contribution < -0.4 is 47.3 Å². The van der Waals surface area contributed by atoms with Crippen molar-refractivity contribution in [3.8, 4) is 29.1 Å². The number of carbonyl (C=O) groups is 13. The maximum absolute atomic E-state index is 14.0. The van der Waals surface area contributed by atoms with Crippen LogP contribution in [0.5, 0.6) is 23.0 Å². The molecule has 9 amide bonds. The van der Waals surface area contributed by atoms with Crippen molar-refractivity contribution >= 4 is 111 Å². The Morgan fingerprint density at radius 2 is 1.38 bits per heavy atom. The lowest BCUT2D eigenvalue weighted by Gasteiger charge is -2.36. The van der Waals surface area contributed by atoms with Gasteiger partial charge in [-0.2, -0.15) is 5.26 Å². The number of halogens is 2. The number of pyridine rings is 1. The van der Waals surface area contributed by atoms with E-state index in [1.807, 2.05) is 0 Å². The van der Waals surface area contributed by atoms with E-state index < -0.39 is 181 Å². The number of carbonyl (C=O) groups excluding carboxylic acids is 10. The Bertz CT molecular complexity index is 4060. The minimum absolute atomic E-state index is 0.0414. The summed E-state index contributed by atoms with van der Waals surface area (Å²) in [5.74, 6) is -19.0. The molecule has 6 atom stereocenters. The van der Waals surface area contributed by atoms with Gasteiger partial charge in [0.25, 0.3) is 11.8 Å². The summed E-state index contributed by atoms with van der Waals surface area (Å²) in [4.78, 5) is 178. The van der Waals surface area contributed by atoms with E-state index in [2.05, 4.69) is 36.9 Å². The number of nitrogens with zero attached hydrogens (tertiary/aromatic N) is 4. The van der Waals surface area contributed by atoms with Crippen LogP contribution in [0.15, 0.2) is 85.1 Å². The first-order chi connectivity index (χ1) is 45.6. The van der Waals surface area contributed by atoms with Crippen LogP contribution in [-0.4, -0.2) is 179 Å². The Labute approximate surface area is 545 Å². The van der Waals surface area contributed by atoms with Crippen molar-refractivity contribution in [2.75, 3.05) is 35.6 Å². The number of phenolic OH excluding ortho intramolecular Hbond substituents is 2. The zero-order chi connectivity index (χ0) is 69.5. The summed E-state index contributed by atoms with van der Waals surface area (Å²) in [7, 11) is 0. The van der Waals surface area contributed by atoms with Crippen molar-refractivity contribution < 1.29 is 106 Å². The Hall–Kier alpha value is -11.3. The van der Waals surface area contributed by atoms with Gasteiger partial charge in [-0.3, -0.25) is 57.7 Å². The summed E-state index contributed by atoms with van der Waals surface area (Å²) < 4.78 is 39.9. The van der Waals surface area contributed by atoms with Gasteiger partial charge in [0.15, 0.2) is 5.60 Å². The fraction of sp³-hybridized carbons (Fsp3) is 0.339. The molecule has 31 nitrogen and oxygen atoms in total. The van der Waals surface area contributed by atoms with E-state index in [1.54, 1.807) is 6.07 Å². The van der Waals surface area contributed by atoms with Gasteiger partial charge in [0.05, 0.1) is 65.3 Å². The number of rotatable bonds is 27. The number of amides is 9. The number of ether oxygens (including phenoxy) is 2. The van der Waals surface area contributed by atoms with Crippen LogP contribution in [0.2, 0.25) is 0 Å². The lowest BCUT2D eigenvalue weighted by molar-refractivity contribution is -0.143. The number of unbranched alkanes of at least 4 members (excludes halogenated alkanes) is 1. The monoisotopic (exact) mass is 1350 g/mol. The van der Waals surface area contributed by atoms with Crippen molar-refractivity contribution in [1.29, 1.82) is 5.26 Å². The molecule has 1 aromatic heterocycles. The van der Waals surface area contributed by atoms with Gasteiger partial charge >= 0.3 is 23.9 Å². The van der Waals surface area contributed by atoms with Crippen LogP contribution in [0.3, 0.4) is 0 Å². The predicted octanol–water partition coefficient (Wildman–Crippen LogP) is 1.59. The molecule has 9 rings (SSSR count). The molecule has 34 heteroatoms. The quantitative estimate of drug-likeness (QED) is 0.0202. The zero-order valence-electron chi connectivity index (χ0n) is 50.1. The van der Waals surface area contributed by atoms with Crippen LogP contribution in [0.4, 0.5) is 20.2 Å². The zero-order valence-corrected chi connectivity index (χ0v) is 50.9. The Morgan fingerprint density at radius 3 is 2.01 bits per heavy atom. The number of phenols is 2. The van der Waals surface area contributed by atoms with Crippen molar-refractivity contribution in [1.82, 2.24) is 36.5 Å². The van der Waals surface area contributed by atoms with Crippen molar-refractivity contribution in [3.05, 3.63) is 113 Å². The normalized spacial score (nSPS) is 17.4. The van der Waals surface area contributed by atoms with Crippen molar-refractivity contribution in [3.63, 3.8) is 0 Å². The number of hydrogen-bond donors (Lipinski definition) is 12. The smallest absolute Gasteiger partial charge is 0.340 e. The Morgan fingerprint density at radius 1 is 0.760 bits per heavy atom. The van der Waals surface area contributed by atoms with Gasteiger partial charge in [0, 0.05) is 71.8 Å². The number of aliphatic carboxylic acids is 3. The molecule has 2 fully saturated rings. The van der Waals surface area contributed by atoms with E-state index in [1.165, 1.54) is 85.1 Å². The van der Waals surface area contributed by atoms with Crippen LogP contribution in [0.1, 0.15) is 95.2 Å². The second kappa shape index (κ2) is 28.9. The average Bonchev–Trinajstić information content (AvgIpc) is 1.46. The molecular weight excluding hydrogens is 1290 g/mol. The highest BCUT2D eigenvalue weighted by Crippen LogP contribution is 2.57. The highest BCUT2D eigenvalue weighted by atomic mass is 32.2. The topological polar surface area (TPSA) is 483 Å². The summed E-state index contributed by atoms with van der Waals surface area (Å²) in [6.45, 7) is -1.65. The van der Waals surface area contributed by atoms with Gasteiger partial charge in [-0.05, 0) is 74.3 Å². The molecule has 502 valence electrons. The number of anilines is 2. The van der Waals surface area contributed by atoms with E-state index in [0.29, 0.717) is 27.8 Å². The molecule has 4 aliphatic rings. The number of fused-ring (bicyclic) bond motifs is 7. The summed E-state index contributed by atoms with van der Waals surface area (Å²) in [5, 5.41) is 72.1. The number of esters is 1. The number of aromatic nitrogens is 1. The highest BCUT2D eigenvalue weighted by molar-refractivity contribution is 8.00. The molecule has 5 aromatic rings. The average molecular weight is 1350 g/mol. The van der Waals surface area contributed by atoms with Crippen molar-refractivity contribution in [2.24, 2.45) is 5.73 Å². The van der Waals surface area contributed by atoms with Crippen molar-refractivity contribution in [2.45, 2.75) is 105 Å². The number of benzene rings is 4. The number of nitrogens with two attached hydrogens (primary N) is 1. The van der Waals surface area contributed by atoms with E-state index in [0.717, 1.165) is 4.90 Å². The van der Waals surface area contributed by atoms with Crippen LogP contribution in [0.25, 0.3) is 10.9 Å². The third-order valence-corrected chi connectivity index (χ3v) is 17.1. The fourth-order valence-electron chi connectivity index (χ4n) is 11.3. The number of carboxylic acid groups (broad SMARTS) is 3. The number of nitriles is 1. The second-order valence-electron chi connectivity index (χ2n) is 22.5. The molecule has 0 saturated carbocycles. The molecule has 1 spiro atoms. The molecule has 4 aliphatic heterocycles. The number of likely N-dealkylation sites (tertiary alicyclic amines) is 1. The number of nitrogens with one attached hydrogen (secondary N) is 6. The molecular formula is C62H59F2N11O20S. The minimum Gasteiger partial charge on any atom is -0.508 e. The summed E-state index contributed by atoms with van der Waals surface area (Å²) in [6, 6.07) is 10.6. The van der Waals surface area contributed by atoms with Gasteiger partial charge in [-0.15, -0.1) is 11.8 Å². The maximum atomic E-state index is 14.0. The molecule has 2 unspecified atom stereocenters. The third-order valence-electron chi connectivity index (χ3n) is 15.8. The van der Waals surface area contributed by atoms with Crippen LogP contribution in [-0.2, 0) is 63.1 Å². The van der Waals surface area contributed by atoms with Gasteiger partial charge in [0.1, 0.15) is 53.2 Å². The first kappa shape index (κ1) is 69.0. The SMILES string of the molecule is N#CC1CC(F)(F)CN1C(=O)CNC(=O)c1ccnc2c(NC(=O)CCC(=O)N[C@@H](CC(=O)O)C(=O)N[C@@H](CCCCN)C(=O)N[C@@H](CC(=O)O)C(=O)N[C@@H](CSC3CC(=O)N(c4ccc5c(c4)C(=O)OC54c5ccc(O)cc5Oc5cc(O)ccc54)C3=O)C(=O)O)cccc12. The summed E-state index contributed by atoms with van der Waals surface area (Å²) in [6.07, 6.45) is -3.55. The number of thioether (sulfide) groups is 1. The second-order valence-corrected chi connectivity index (χ2v) is 23.7. The number of hydrogen-bond acceptors (Lipinski definition) is 21. The van der Waals surface area contributed by atoms with Crippen LogP contribution >= 0.6 is 11.8 Å². The molecule has 0 aliphatic carbocycles. The van der Waals surface area contributed by atoms with Gasteiger partial charge in [-0.25, -0.2) is 23.3 Å². The molecule has 5 heterocycles. The largest absolute Gasteiger partial charge is 0.508 e. The molecule has 2 saturated heterocycles. The number of para-hydroxylation sites is 1. The molecule has 13 N–H and O–H groups in total. The lowest BCUT2D eigenvalue weighted by Crippen LogP contribution is -2.58. The maximum Gasteiger partial charge on any atom is 0.340 e. The van der Waals surface area contributed by atoms with E-state index in [4.69, 9.17) is 15.2 Å². The first-order valence-corrected chi connectivity index (χ1v) is 30.5. The first-order valence-electron chi connectivity index (χ1n) is 29.4. The van der Waals surface area contributed by atoms with Crippen LogP contribution in [0, 0.1) is 11.3 Å². The predicted molar refractivity (Wildman–Crippen MR) is 327 cm³/mol. The molecule has 0 radical (unpaired) electrons. The highest BCUT2D eigenvalue weighted by Gasteiger charge is 2.55. The number of imide groups is 1. The lowest BCUT2D eigenvalue weighted by atomic mass is 9.77. The van der Waals surface area contributed by atoms with E-state index in [9.17, 15) is 102 Å². The Kier molecular flexibility index (Phi) is 20.8. The molecule has 96 heavy (non-hydrogen) atoms. The van der Waals surface area contributed by atoms with E-state index in [-0.39, 0.29) is 87.8 Å². The molecule has 4 aromatic carbocycles. The molecule has 0 bridgehead atoms. The number of carboxylic acids is 3. The Balaban J connectivity index is 0.802. The van der Waals surface area contributed by atoms with Gasteiger partial charge in [-0.1, -0.05) is 18.2 Å². The van der Waals surface area contributed by atoms with Gasteiger partial charge in [0.2, 0.25) is 47.3 Å². The van der Waals surface area contributed by atoms with E-state index >= 15 is 0 Å². The summed E-state index contributed by atoms with van der Waals surface area (Å²) in [5.41, 5.74) is 4.78. The number of aromatic hydroxyl groups is 2. The van der Waals surface area contributed by atoms with Gasteiger partial charge < -0.3 is 77.5 Å².